The Morgan fingerprint density at radius 1 is 1.47 bits per heavy atom. The monoisotopic (exact) mass is 227 g/mol. The molecule has 1 aromatic rings. The molecule has 1 aromatic heterocycles. The molecule has 2 fully saturated rings. The second-order valence-electron chi connectivity index (χ2n) is 4.74. The van der Waals surface area contributed by atoms with Crippen LogP contribution in [0.25, 0.3) is 0 Å². The first kappa shape index (κ1) is 9.60. The second-order valence-corrected chi connectivity index (χ2v) is 5.07. The number of hydrogen-bond acceptors (Lipinski definition) is 3. The first-order chi connectivity index (χ1) is 7.21. The van der Waals surface area contributed by atoms with Gasteiger partial charge in [0.15, 0.2) is 0 Å². The molecule has 1 saturated carbocycles. The molecule has 2 heterocycles. The number of rotatable bonds is 2. The van der Waals surface area contributed by atoms with Gasteiger partial charge in [-0.05, 0) is 37.8 Å². The van der Waals surface area contributed by atoms with Gasteiger partial charge in [-0.3, -0.25) is 4.57 Å². The van der Waals surface area contributed by atoms with Crippen LogP contribution in [-0.4, -0.2) is 28.0 Å². The summed E-state index contributed by atoms with van der Waals surface area (Å²) in [6.45, 7) is 3.68. The van der Waals surface area contributed by atoms with Gasteiger partial charge in [0.25, 0.3) is 0 Å². The van der Waals surface area contributed by atoms with Crippen LogP contribution in [0.1, 0.15) is 37.9 Å². The van der Waals surface area contributed by atoms with Crippen molar-refractivity contribution in [3.63, 3.8) is 0 Å². The molecule has 2 aliphatic rings. The quantitative estimate of drug-likeness (QED) is 0.775. The lowest BCUT2D eigenvalue weighted by molar-refractivity contribution is 0.160. The van der Waals surface area contributed by atoms with E-state index in [4.69, 9.17) is 16.3 Å². The van der Waals surface area contributed by atoms with Gasteiger partial charge in [-0.25, -0.2) is 0 Å². The van der Waals surface area contributed by atoms with Gasteiger partial charge in [0, 0.05) is 12.5 Å². The van der Waals surface area contributed by atoms with Crippen molar-refractivity contribution in [2.24, 2.45) is 0 Å². The van der Waals surface area contributed by atoms with Gasteiger partial charge in [0.1, 0.15) is 5.82 Å². The lowest BCUT2D eigenvalue weighted by Gasteiger charge is -2.26. The largest absolute Gasteiger partial charge is 0.379 e. The third kappa shape index (κ3) is 1.47. The molecule has 0 spiro atoms. The Morgan fingerprint density at radius 2 is 2.27 bits per heavy atom. The van der Waals surface area contributed by atoms with E-state index in [1.165, 1.54) is 12.8 Å². The summed E-state index contributed by atoms with van der Waals surface area (Å²) in [6, 6.07) is 0. The summed E-state index contributed by atoms with van der Waals surface area (Å²) >= 11 is 6.12. The SMILES string of the molecule is CC1(n2c(Cl)nnc2C2CC2)CCOC1. The molecule has 4 nitrogen and oxygen atoms in total. The van der Waals surface area contributed by atoms with Crippen LogP contribution in [0.3, 0.4) is 0 Å². The Kier molecular flexibility index (Phi) is 2.04. The van der Waals surface area contributed by atoms with Crippen molar-refractivity contribution in [2.45, 2.75) is 37.6 Å². The molecule has 1 saturated heterocycles. The summed E-state index contributed by atoms with van der Waals surface area (Å²) in [5, 5.41) is 8.69. The molecule has 1 aliphatic carbocycles. The van der Waals surface area contributed by atoms with E-state index in [1.807, 2.05) is 0 Å². The normalized spacial score (nSPS) is 31.1. The van der Waals surface area contributed by atoms with Crippen molar-refractivity contribution >= 4 is 11.6 Å². The average molecular weight is 228 g/mol. The lowest BCUT2D eigenvalue weighted by atomic mass is 10.0. The summed E-state index contributed by atoms with van der Waals surface area (Å²) in [6.07, 6.45) is 3.42. The van der Waals surface area contributed by atoms with Gasteiger partial charge < -0.3 is 4.74 Å². The van der Waals surface area contributed by atoms with E-state index in [-0.39, 0.29) is 5.54 Å². The molecule has 5 heteroatoms. The Morgan fingerprint density at radius 3 is 2.87 bits per heavy atom. The Labute approximate surface area is 93.6 Å². The minimum Gasteiger partial charge on any atom is -0.379 e. The van der Waals surface area contributed by atoms with E-state index >= 15 is 0 Å². The number of nitrogens with zero attached hydrogens (tertiary/aromatic N) is 3. The maximum absolute atomic E-state index is 6.12. The molecule has 0 amide bonds. The number of halogens is 1. The molecule has 0 bridgehead atoms. The fourth-order valence-corrected chi connectivity index (χ4v) is 2.54. The summed E-state index contributed by atoms with van der Waals surface area (Å²) in [5.74, 6) is 1.62. The highest BCUT2D eigenvalue weighted by atomic mass is 35.5. The van der Waals surface area contributed by atoms with Crippen molar-refractivity contribution < 1.29 is 4.74 Å². The Hall–Kier alpha value is -0.610. The second kappa shape index (κ2) is 3.19. The van der Waals surface area contributed by atoms with Gasteiger partial charge in [0.2, 0.25) is 5.28 Å². The predicted octanol–water partition coefficient (Wildman–Crippen LogP) is 1.94. The predicted molar refractivity (Wildman–Crippen MR) is 56.1 cm³/mol. The Bertz CT molecular complexity index is 380. The smallest absolute Gasteiger partial charge is 0.225 e. The fraction of sp³-hybridized carbons (Fsp3) is 0.800. The summed E-state index contributed by atoms with van der Waals surface area (Å²) in [7, 11) is 0. The van der Waals surface area contributed by atoms with Crippen molar-refractivity contribution in [1.29, 1.82) is 0 Å². The van der Waals surface area contributed by atoms with E-state index in [9.17, 15) is 0 Å². The summed E-state index contributed by atoms with van der Waals surface area (Å²) in [4.78, 5) is 0. The number of ether oxygens (including phenoxy) is 1. The third-order valence-corrected chi connectivity index (χ3v) is 3.57. The van der Waals surface area contributed by atoms with Gasteiger partial charge in [-0.15, -0.1) is 10.2 Å². The first-order valence-corrected chi connectivity index (χ1v) is 5.77. The summed E-state index contributed by atoms with van der Waals surface area (Å²) in [5.41, 5.74) is -0.0431. The zero-order chi connectivity index (χ0) is 10.5. The highest BCUT2D eigenvalue weighted by Gasteiger charge is 2.39. The van der Waals surface area contributed by atoms with E-state index in [0.29, 0.717) is 17.8 Å². The lowest BCUT2D eigenvalue weighted by Crippen LogP contribution is -2.32. The fourth-order valence-electron chi connectivity index (χ4n) is 2.21. The molecule has 1 atom stereocenters. The van der Waals surface area contributed by atoms with E-state index < -0.39 is 0 Å². The van der Waals surface area contributed by atoms with Crippen LogP contribution >= 0.6 is 11.6 Å². The van der Waals surface area contributed by atoms with Crippen LogP contribution in [0.5, 0.6) is 0 Å². The van der Waals surface area contributed by atoms with Gasteiger partial charge in [-0.2, -0.15) is 0 Å². The van der Waals surface area contributed by atoms with Crippen molar-refractivity contribution in [3.05, 3.63) is 11.1 Å². The third-order valence-electron chi connectivity index (χ3n) is 3.33. The van der Waals surface area contributed by atoms with Gasteiger partial charge in [0.05, 0.1) is 12.1 Å². The van der Waals surface area contributed by atoms with Crippen LogP contribution in [0.4, 0.5) is 0 Å². The molecule has 0 radical (unpaired) electrons. The molecular weight excluding hydrogens is 214 g/mol. The van der Waals surface area contributed by atoms with Crippen LogP contribution in [-0.2, 0) is 10.3 Å². The highest BCUT2D eigenvalue weighted by Crippen LogP contribution is 2.42. The zero-order valence-corrected chi connectivity index (χ0v) is 9.50. The van der Waals surface area contributed by atoms with E-state index in [1.54, 1.807) is 0 Å². The Balaban J connectivity index is 2.04. The molecule has 1 unspecified atom stereocenters. The van der Waals surface area contributed by atoms with Crippen LogP contribution in [0, 0.1) is 0 Å². The topological polar surface area (TPSA) is 39.9 Å². The van der Waals surface area contributed by atoms with Crippen molar-refractivity contribution in [3.8, 4) is 0 Å². The average Bonchev–Trinajstić information content (AvgIpc) is 2.85. The molecular formula is C10H14ClN3O. The molecule has 82 valence electrons. The van der Waals surface area contributed by atoms with Gasteiger partial charge in [-0.1, -0.05) is 0 Å². The van der Waals surface area contributed by atoms with Gasteiger partial charge >= 0.3 is 0 Å². The number of aromatic nitrogens is 3. The molecule has 3 rings (SSSR count). The van der Waals surface area contributed by atoms with Crippen molar-refractivity contribution in [2.75, 3.05) is 13.2 Å². The molecule has 15 heavy (non-hydrogen) atoms. The standard InChI is InChI=1S/C10H14ClN3O/c1-10(4-5-15-6-10)14-8(7-2-3-7)12-13-9(14)11/h7H,2-6H2,1H3. The van der Waals surface area contributed by atoms with Crippen LogP contribution in [0.15, 0.2) is 0 Å². The first-order valence-electron chi connectivity index (χ1n) is 5.40. The maximum Gasteiger partial charge on any atom is 0.225 e. The minimum absolute atomic E-state index is 0.0431. The maximum atomic E-state index is 6.12. The minimum atomic E-state index is -0.0431. The number of hydrogen-bond donors (Lipinski definition) is 0. The van der Waals surface area contributed by atoms with Crippen LogP contribution < -0.4 is 0 Å². The molecule has 0 N–H and O–H groups in total. The summed E-state index contributed by atoms with van der Waals surface area (Å²) < 4.78 is 7.54. The van der Waals surface area contributed by atoms with E-state index in [0.717, 1.165) is 18.9 Å². The molecule has 0 aromatic carbocycles. The van der Waals surface area contributed by atoms with Crippen molar-refractivity contribution in [1.82, 2.24) is 14.8 Å². The zero-order valence-electron chi connectivity index (χ0n) is 8.74. The van der Waals surface area contributed by atoms with E-state index in [2.05, 4.69) is 21.7 Å². The molecule has 1 aliphatic heterocycles. The highest BCUT2D eigenvalue weighted by molar-refractivity contribution is 6.28. The van der Waals surface area contributed by atoms with Crippen LogP contribution in [0.2, 0.25) is 5.28 Å².